The van der Waals surface area contributed by atoms with Crippen LogP contribution in [0.1, 0.15) is 29.8 Å². The Hall–Kier alpha value is -0.870. The molecule has 0 bridgehead atoms. The van der Waals surface area contributed by atoms with Gasteiger partial charge in [-0.1, -0.05) is 6.07 Å². The molecule has 0 heterocycles. The smallest absolute Gasteiger partial charge is 0.252 e. The van der Waals surface area contributed by atoms with Gasteiger partial charge in [0.2, 0.25) is 0 Å². The van der Waals surface area contributed by atoms with E-state index in [1.54, 1.807) is 0 Å². The summed E-state index contributed by atoms with van der Waals surface area (Å²) < 4.78 is 0.836. The van der Waals surface area contributed by atoms with Crippen molar-refractivity contribution in [3.8, 4) is 0 Å². The van der Waals surface area contributed by atoms with Gasteiger partial charge in [-0.15, -0.1) is 0 Å². The molecule has 1 aromatic rings. The zero-order chi connectivity index (χ0) is 13.9. The highest BCUT2D eigenvalue weighted by Gasteiger charge is 2.21. The molecule has 1 aromatic carbocycles. The fraction of sp³-hybridized carbons (Fsp3) is 0.500. The van der Waals surface area contributed by atoms with Crippen molar-refractivity contribution in [2.24, 2.45) is 0 Å². The summed E-state index contributed by atoms with van der Waals surface area (Å²) in [4.78, 5) is 14.2. The molecule has 0 radical (unpaired) electrons. The number of nitrogens with one attached hydrogen (secondary N) is 1. The summed E-state index contributed by atoms with van der Waals surface area (Å²) >= 11 is 3.43. The van der Waals surface area contributed by atoms with Crippen molar-refractivity contribution in [1.82, 2.24) is 10.2 Å². The van der Waals surface area contributed by atoms with Gasteiger partial charge in [0, 0.05) is 16.6 Å². The lowest BCUT2D eigenvalue weighted by molar-refractivity contribution is 0.0919. The molecular weight excluding hydrogens is 292 g/mol. The number of hydrogen-bond acceptors (Lipinski definition) is 2. The zero-order valence-electron chi connectivity index (χ0n) is 11.7. The van der Waals surface area contributed by atoms with Crippen LogP contribution < -0.4 is 5.32 Å². The predicted octanol–water partition coefficient (Wildman–Crippen LogP) is 2.83. The molecule has 1 amide bonds. The number of amides is 1. The van der Waals surface area contributed by atoms with Gasteiger partial charge >= 0.3 is 0 Å². The molecular formula is C14H21BrN2O. The minimum absolute atomic E-state index is 0.0446. The first-order valence-corrected chi connectivity index (χ1v) is 6.75. The van der Waals surface area contributed by atoms with E-state index in [-0.39, 0.29) is 11.4 Å². The maximum Gasteiger partial charge on any atom is 0.252 e. The molecule has 100 valence electrons. The lowest BCUT2D eigenvalue weighted by atomic mass is 10.0. The molecule has 0 atom stereocenters. The topological polar surface area (TPSA) is 32.3 Å². The van der Waals surface area contributed by atoms with Gasteiger partial charge in [0.1, 0.15) is 0 Å². The molecule has 0 aliphatic rings. The summed E-state index contributed by atoms with van der Waals surface area (Å²) in [5, 5.41) is 2.97. The number of benzene rings is 1. The molecule has 18 heavy (non-hydrogen) atoms. The number of carbonyl (C=O) groups is 1. The Kier molecular flexibility index (Phi) is 4.93. The van der Waals surface area contributed by atoms with Gasteiger partial charge in [0.25, 0.3) is 5.91 Å². The predicted molar refractivity (Wildman–Crippen MR) is 79.0 cm³/mol. The standard InChI is InChI=1S/C14H21BrN2O/c1-10-6-7-11(12(15)8-10)13(18)16-9-14(2,3)17(4)5/h6-8H,9H2,1-5H3,(H,16,18). The molecule has 0 aliphatic carbocycles. The minimum atomic E-state index is -0.0627. The van der Waals surface area contributed by atoms with Crippen LogP contribution in [0.15, 0.2) is 22.7 Å². The first kappa shape index (κ1) is 15.2. The quantitative estimate of drug-likeness (QED) is 0.927. The highest BCUT2D eigenvalue weighted by Crippen LogP contribution is 2.18. The van der Waals surface area contributed by atoms with Crippen LogP contribution in [0.5, 0.6) is 0 Å². The molecule has 0 saturated carbocycles. The lowest BCUT2D eigenvalue weighted by Gasteiger charge is -2.32. The Morgan fingerprint density at radius 1 is 1.39 bits per heavy atom. The third-order valence-corrected chi connectivity index (χ3v) is 3.92. The molecule has 0 aliphatic heterocycles. The fourth-order valence-electron chi connectivity index (χ4n) is 1.35. The van der Waals surface area contributed by atoms with E-state index in [0.717, 1.165) is 10.0 Å². The van der Waals surface area contributed by atoms with Crippen LogP contribution in [-0.2, 0) is 0 Å². The molecule has 4 heteroatoms. The van der Waals surface area contributed by atoms with Crippen LogP contribution >= 0.6 is 15.9 Å². The van der Waals surface area contributed by atoms with Crippen molar-refractivity contribution in [1.29, 1.82) is 0 Å². The van der Waals surface area contributed by atoms with E-state index in [0.29, 0.717) is 12.1 Å². The van der Waals surface area contributed by atoms with E-state index in [4.69, 9.17) is 0 Å². The van der Waals surface area contributed by atoms with Crippen LogP contribution in [0.3, 0.4) is 0 Å². The molecule has 0 saturated heterocycles. The summed E-state index contributed by atoms with van der Waals surface area (Å²) in [6.07, 6.45) is 0. The monoisotopic (exact) mass is 312 g/mol. The Labute approximate surface area is 118 Å². The largest absolute Gasteiger partial charge is 0.350 e. The molecule has 1 N–H and O–H groups in total. The number of likely N-dealkylation sites (N-methyl/N-ethyl adjacent to an activating group) is 1. The SMILES string of the molecule is Cc1ccc(C(=O)NCC(C)(C)N(C)C)c(Br)c1. The van der Waals surface area contributed by atoms with Gasteiger partial charge < -0.3 is 10.2 Å². The third kappa shape index (κ3) is 3.82. The van der Waals surface area contributed by atoms with E-state index in [2.05, 4.69) is 40.0 Å². The Balaban J connectivity index is 2.72. The maximum atomic E-state index is 12.1. The van der Waals surface area contributed by atoms with E-state index in [9.17, 15) is 4.79 Å². The molecule has 1 rings (SSSR count). The van der Waals surface area contributed by atoms with E-state index < -0.39 is 0 Å². The molecule has 0 fully saturated rings. The van der Waals surface area contributed by atoms with Gasteiger partial charge in [-0.3, -0.25) is 4.79 Å². The zero-order valence-corrected chi connectivity index (χ0v) is 13.3. The molecule has 0 spiro atoms. The lowest BCUT2D eigenvalue weighted by Crippen LogP contribution is -2.48. The van der Waals surface area contributed by atoms with Gasteiger partial charge in [-0.25, -0.2) is 0 Å². The number of hydrogen-bond donors (Lipinski definition) is 1. The number of nitrogens with zero attached hydrogens (tertiary/aromatic N) is 1. The van der Waals surface area contributed by atoms with Crippen molar-refractivity contribution in [3.63, 3.8) is 0 Å². The third-order valence-electron chi connectivity index (χ3n) is 3.26. The summed E-state index contributed by atoms with van der Waals surface area (Å²) in [6.45, 7) is 6.80. The first-order valence-electron chi connectivity index (χ1n) is 5.96. The summed E-state index contributed by atoms with van der Waals surface area (Å²) in [6, 6.07) is 5.74. The Bertz CT molecular complexity index is 441. The van der Waals surface area contributed by atoms with Crippen LogP contribution in [0.2, 0.25) is 0 Å². The summed E-state index contributed by atoms with van der Waals surface area (Å²) in [7, 11) is 4.02. The van der Waals surface area contributed by atoms with E-state index >= 15 is 0 Å². The van der Waals surface area contributed by atoms with Crippen LogP contribution in [0.25, 0.3) is 0 Å². The first-order chi connectivity index (χ1) is 8.24. The summed E-state index contributed by atoms with van der Waals surface area (Å²) in [5.74, 6) is -0.0446. The average molecular weight is 313 g/mol. The van der Waals surface area contributed by atoms with Crippen LogP contribution in [0, 0.1) is 6.92 Å². The molecule has 3 nitrogen and oxygen atoms in total. The van der Waals surface area contributed by atoms with E-state index in [1.165, 1.54) is 0 Å². The molecule has 0 unspecified atom stereocenters. The fourth-order valence-corrected chi connectivity index (χ4v) is 2.03. The average Bonchev–Trinajstić information content (AvgIpc) is 2.25. The normalized spacial score (nSPS) is 11.7. The van der Waals surface area contributed by atoms with Crippen molar-refractivity contribution < 1.29 is 4.79 Å². The number of aryl methyl sites for hydroxylation is 1. The van der Waals surface area contributed by atoms with Gasteiger partial charge in [-0.05, 0) is 68.5 Å². The van der Waals surface area contributed by atoms with Gasteiger partial charge in [0.05, 0.1) is 5.56 Å². The second kappa shape index (κ2) is 5.85. The van der Waals surface area contributed by atoms with Crippen LogP contribution in [0.4, 0.5) is 0 Å². The van der Waals surface area contributed by atoms with Crippen molar-refractivity contribution in [2.45, 2.75) is 26.3 Å². The van der Waals surface area contributed by atoms with E-state index in [1.807, 2.05) is 39.2 Å². The highest BCUT2D eigenvalue weighted by molar-refractivity contribution is 9.10. The Morgan fingerprint density at radius 3 is 2.50 bits per heavy atom. The maximum absolute atomic E-state index is 12.1. The number of halogens is 1. The Morgan fingerprint density at radius 2 is 2.00 bits per heavy atom. The highest BCUT2D eigenvalue weighted by atomic mass is 79.9. The second-order valence-electron chi connectivity index (χ2n) is 5.37. The van der Waals surface area contributed by atoms with Gasteiger partial charge in [0.15, 0.2) is 0 Å². The number of carbonyl (C=O) groups excluding carboxylic acids is 1. The number of rotatable bonds is 4. The molecule has 0 aromatic heterocycles. The van der Waals surface area contributed by atoms with Crippen molar-refractivity contribution in [3.05, 3.63) is 33.8 Å². The van der Waals surface area contributed by atoms with Crippen molar-refractivity contribution in [2.75, 3.05) is 20.6 Å². The van der Waals surface area contributed by atoms with Gasteiger partial charge in [-0.2, -0.15) is 0 Å². The summed E-state index contributed by atoms with van der Waals surface area (Å²) in [5.41, 5.74) is 1.74. The van der Waals surface area contributed by atoms with Crippen LogP contribution in [-0.4, -0.2) is 37.0 Å². The second-order valence-corrected chi connectivity index (χ2v) is 6.23. The van der Waals surface area contributed by atoms with Crippen molar-refractivity contribution >= 4 is 21.8 Å². The minimum Gasteiger partial charge on any atom is -0.350 e.